The number of nitrogens with two attached hydrogens (primary N) is 1. The molecule has 1 aliphatic carbocycles. The van der Waals surface area contributed by atoms with E-state index in [1.54, 1.807) is 37.3 Å². The zero-order chi connectivity index (χ0) is 19.6. The van der Waals surface area contributed by atoms with Crippen LogP contribution in [0.15, 0.2) is 18.2 Å². The number of carbonyl (C=O) groups is 2. The van der Waals surface area contributed by atoms with Crippen LogP contribution in [-0.2, 0) is 9.59 Å². The maximum Gasteiger partial charge on any atom is 0.249 e. The Morgan fingerprint density at radius 2 is 1.85 bits per heavy atom. The number of anilines is 1. The predicted octanol–water partition coefficient (Wildman–Crippen LogP) is 1.83. The number of carbonyl (C=O) groups excluding carboxylic acids is 2. The highest BCUT2D eigenvalue weighted by atomic mass is 16.5. The standard InChI is InChI=1S/C20H29N3O4/c1-20(21)8-5-4-6-16(20)18(24)22-17-7-9-23(19(17)25)13-10-14(26-2)12-15(11-13)27-3/h10-12,16-17H,4-9,21H2,1-3H3,(H,22,24). The van der Waals surface area contributed by atoms with E-state index >= 15 is 0 Å². The molecule has 1 saturated heterocycles. The Labute approximate surface area is 160 Å². The molecule has 148 valence electrons. The van der Waals surface area contributed by atoms with Gasteiger partial charge in [-0.25, -0.2) is 0 Å². The van der Waals surface area contributed by atoms with E-state index in [0.717, 1.165) is 25.7 Å². The minimum atomic E-state index is -0.521. The normalized spacial score (nSPS) is 28.1. The maximum absolute atomic E-state index is 12.9. The van der Waals surface area contributed by atoms with Gasteiger partial charge in [0.25, 0.3) is 0 Å². The van der Waals surface area contributed by atoms with Crippen molar-refractivity contribution in [2.45, 2.75) is 50.6 Å². The van der Waals surface area contributed by atoms with Crippen molar-refractivity contribution in [3.63, 3.8) is 0 Å². The molecule has 7 nitrogen and oxygen atoms in total. The lowest BCUT2D eigenvalue weighted by molar-refractivity contribution is -0.131. The van der Waals surface area contributed by atoms with Crippen LogP contribution in [-0.4, -0.2) is 44.2 Å². The highest BCUT2D eigenvalue weighted by molar-refractivity contribution is 6.01. The van der Waals surface area contributed by atoms with Crippen LogP contribution < -0.4 is 25.4 Å². The zero-order valence-corrected chi connectivity index (χ0v) is 16.3. The van der Waals surface area contributed by atoms with Gasteiger partial charge in [-0.05, 0) is 26.2 Å². The molecule has 3 rings (SSSR count). The topological polar surface area (TPSA) is 93.9 Å². The van der Waals surface area contributed by atoms with Crippen LogP contribution >= 0.6 is 0 Å². The molecule has 2 aliphatic rings. The third-order valence-electron chi connectivity index (χ3n) is 5.74. The first-order valence-electron chi connectivity index (χ1n) is 9.49. The van der Waals surface area contributed by atoms with Gasteiger partial charge in [0.05, 0.1) is 25.8 Å². The number of benzene rings is 1. The van der Waals surface area contributed by atoms with Gasteiger partial charge in [0.15, 0.2) is 0 Å². The van der Waals surface area contributed by atoms with Gasteiger partial charge in [-0.2, -0.15) is 0 Å². The molecule has 1 aliphatic heterocycles. The zero-order valence-electron chi connectivity index (χ0n) is 16.3. The van der Waals surface area contributed by atoms with Crippen molar-refractivity contribution in [1.29, 1.82) is 0 Å². The summed E-state index contributed by atoms with van der Waals surface area (Å²) in [4.78, 5) is 27.3. The molecule has 3 atom stereocenters. The van der Waals surface area contributed by atoms with Gasteiger partial charge in [-0.1, -0.05) is 12.8 Å². The Morgan fingerprint density at radius 3 is 2.44 bits per heavy atom. The van der Waals surface area contributed by atoms with Crippen molar-refractivity contribution >= 4 is 17.5 Å². The van der Waals surface area contributed by atoms with Gasteiger partial charge in [0.2, 0.25) is 11.8 Å². The Balaban J connectivity index is 1.71. The van der Waals surface area contributed by atoms with E-state index in [0.29, 0.717) is 30.2 Å². The highest BCUT2D eigenvalue weighted by Gasteiger charge is 2.41. The number of rotatable bonds is 5. The summed E-state index contributed by atoms with van der Waals surface area (Å²) < 4.78 is 10.6. The van der Waals surface area contributed by atoms with E-state index in [-0.39, 0.29) is 17.7 Å². The summed E-state index contributed by atoms with van der Waals surface area (Å²) in [5.41, 5.74) is 6.52. The minimum Gasteiger partial charge on any atom is -0.497 e. The summed E-state index contributed by atoms with van der Waals surface area (Å²) in [7, 11) is 3.14. The van der Waals surface area contributed by atoms with Crippen molar-refractivity contribution in [3.8, 4) is 11.5 Å². The molecule has 7 heteroatoms. The monoisotopic (exact) mass is 375 g/mol. The first-order chi connectivity index (χ1) is 12.9. The van der Waals surface area contributed by atoms with Gasteiger partial charge in [0, 0.05) is 30.3 Å². The molecule has 0 spiro atoms. The number of ether oxygens (including phenoxy) is 2. The maximum atomic E-state index is 12.9. The van der Waals surface area contributed by atoms with Crippen LogP contribution in [0.3, 0.4) is 0 Å². The molecule has 1 saturated carbocycles. The van der Waals surface area contributed by atoms with Crippen molar-refractivity contribution in [2.75, 3.05) is 25.7 Å². The van der Waals surface area contributed by atoms with Gasteiger partial charge in [-0.3, -0.25) is 9.59 Å². The highest BCUT2D eigenvalue weighted by Crippen LogP contribution is 2.33. The van der Waals surface area contributed by atoms with E-state index in [1.165, 1.54) is 0 Å². The molecule has 2 amide bonds. The summed E-state index contributed by atoms with van der Waals surface area (Å²) in [5.74, 6) is 0.762. The minimum absolute atomic E-state index is 0.108. The van der Waals surface area contributed by atoms with Gasteiger partial charge in [0.1, 0.15) is 17.5 Å². The Kier molecular flexibility index (Phi) is 5.60. The predicted molar refractivity (Wildman–Crippen MR) is 103 cm³/mol. The number of nitrogens with one attached hydrogen (secondary N) is 1. The number of nitrogens with zero attached hydrogens (tertiary/aromatic N) is 1. The third kappa shape index (κ3) is 4.03. The average Bonchev–Trinajstić information content (AvgIpc) is 3.01. The summed E-state index contributed by atoms with van der Waals surface area (Å²) in [6.07, 6.45) is 4.22. The molecular weight excluding hydrogens is 346 g/mol. The molecule has 1 aromatic carbocycles. The Hall–Kier alpha value is -2.28. The Bertz CT molecular complexity index is 697. The molecule has 2 fully saturated rings. The van der Waals surface area contributed by atoms with Crippen molar-refractivity contribution < 1.29 is 19.1 Å². The third-order valence-corrected chi connectivity index (χ3v) is 5.74. The second-order valence-electron chi connectivity index (χ2n) is 7.71. The fraction of sp³-hybridized carbons (Fsp3) is 0.600. The van der Waals surface area contributed by atoms with E-state index < -0.39 is 11.6 Å². The summed E-state index contributed by atoms with van der Waals surface area (Å²) in [5, 5.41) is 2.94. The van der Waals surface area contributed by atoms with Crippen molar-refractivity contribution in [2.24, 2.45) is 11.7 Å². The molecule has 1 heterocycles. The van der Waals surface area contributed by atoms with Crippen LogP contribution in [0.2, 0.25) is 0 Å². The molecule has 3 N–H and O–H groups in total. The van der Waals surface area contributed by atoms with Gasteiger partial charge >= 0.3 is 0 Å². The van der Waals surface area contributed by atoms with E-state index in [1.807, 2.05) is 6.92 Å². The lowest BCUT2D eigenvalue weighted by Crippen LogP contribution is -2.55. The molecule has 0 radical (unpaired) electrons. The van der Waals surface area contributed by atoms with E-state index in [4.69, 9.17) is 15.2 Å². The molecule has 27 heavy (non-hydrogen) atoms. The molecular formula is C20H29N3O4. The number of amides is 2. The number of hydrogen-bond donors (Lipinski definition) is 2. The average molecular weight is 375 g/mol. The van der Waals surface area contributed by atoms with E-state index in [2.05, 4.69) is 5.32 Å². The second-order valence-corrected chi connectivity index (χ2v) is 7.71. The first-order valence-corrected chi connectivity index (χ1v) is 9.49. The smallest absolute Gasteiger partial charge is 0.249 e. The molecule has 0 aromatic heterocycles. The molecule has 1 aromatic rings. The molecule has 0 bridgehead atoms. The fourth-order valence-electron chi connectivity index (χ4n) is 4.08. The SMILES string of the molecule is COc1cc(OC)cc(N2CCC(NC(=O)C3CCCCC3(C)N)C2=O)c1. The second kappa shape index (κ2) is 7.76. The van der Waals surface area contributed by atoms with Crippen molar-refractivity contribution in [1.82, 2.24) is 5.32 Å². The van der Waals surface area contributed by atoms with Crippen LogP contribution in [0.1, 0.15) is 39.0 Å². The Morgan fingerprint density at radius 1 is 1.19 bits per heavy atom. The summed E-state index contributed by atoms with van der Waals surface area (Å²) in [6, 6.07) is 4.83. The lowest BCUT2D eigenvalue weighted by atomic mass is 9.74. The van der Waals surface area contributed by atoms with Gasteiger partial charge in [-0.15, -0.1) is 0 Å². The largest absolute Gasteiger partial charge is 0.497 e. The van der Waals surface area contributed by atoms with Crippen LogP contribution in [0.4, 0.5) is 5.69 Å². The quantitative estimate of drug-likeness (QED) is 0.819. The lowest BCUT2D eigenvalue weighted by Gasteiger charge is -2.37. The fourth-order valence-corrected chi connectivity index (χ4v) is 4.08. The number of methoxy groups -OCH3 is 2. The number of hydrogen-bond acceptors (Lipinski definition) is 5. The summed E-state index contributed by atoms with van der Waals surface area (Å²) in [6.45, 7) is 2.46. The first kappa shape index (κ1) is 19.5. The van der Waals surface area contributed by atoms with Crippen molar-refractivity contribution in [3.05, 3.63) is 18.2 Å². The van der Waals surface area contributed by atoms with Crippen LogP contribution in [0.5, 0.6) is 11.5 Å². The van der Waals surface area contributed by atoms with Gasteiger partial charge < -0.3 is 25.4 Å². The summed E-state index contributed by atoms with van der Waals surface area (Å²) >= 11 is 0. The van der Waals surface area contributed by atoms with Crippen LogP contribution in [0.25, 0.3) is 0 Å². The molecule has 3 unspecified atom stereocenters. The van der Waals surface area contributed by atoms with E-state index in [9.17, 15) is 9.59 Å². The van der Waals surface area contributed by atoms with Crippen LogP contribution in [0, 0.1) is 5.92 Å².